The van der Waals surface area contributed by atoms with E-state index in [4.69, 9.17) is 0 Å². The number of fused-ring (bicyclic) bond motifs is 1. The Labute approximate surface area is 129 Å². The lowest BCUT2D eigenvalue weighted by Crippen LogP contribution is -2.05. The first-order chi connectivity index (χ1) is 10.7. The number of benzene rings is 1. The van der Waals surface area contributed by atoms with Crippen LogP contribution in [-0.2, 0) is 0 Å². The van der Waals surface area contributed by atoms with Gasteiger partial charge in [-0.3, -0.25) is 0 Å². The largest absolute Gasteiger partial charge is 0.369 e. The fraction of sp³-hybridized carbons (Fsp3) is 0.235. The normalized spacial score (nSPS) is 10.6. The highest BCUT2D eigenvalue weighted by atomic mass is 15.3. The summed E-state index contributed by atoms with van der Waals surface area (Å²) in [7, 11) is 0. The summed E-state index contributed by atoms with van der Waals surface area (Å²) < 4.78 is 1.82. The number of pyridine rings is 1. The standard InChI is InChI=1S/C17H17N5/c1-3-9-19-16-13(11-18)10-15-12(2)21-22(17(15)20-16)14-7-5-4-6-8-14/h4-8,10H,3,9H2,1-2H3,(H,19,20). The monoisotopic (exact) mass is 291 g/mol. The predicted molar refractivity (Wildman–Crippen MR) is 87.1 cm³/mol. The molecule has 5 nitrogen and oxygen atoms in total. The second kappa shape index (κ2) is 5.86. The molecule has 0 aliphatic rings. The second-order valence-electron chi connectivity index (χ2n) is 5.13. The van der Waals surface area contributed by atoms with E-state index in [-0.39, 0.29) is 0 Å². The maximum atomic E-state index is 9.33. The van der Waals surface area contributed by atoms with Crippen LogP contribution in [0.5, 0.6) is 0 Å². The average molecular weight is 291 g/mol. The molecule has 2 aromatic heterocycles. The molecule has 0 aliphatic carbocycles. The zero-order chi connectivity index (χ0) is 15.5. The second-order valence-corrected chi connectivity index (χ2v) is 5.13. The fourth-order valence-corrected chi connectivity index (χ4v) is 2.40. The Morgan fingerprint density at radius 2 is 2.05 bits per heavy atom. The summed E-state index contributed by atoms with van der Waals surface area (Å²) in [5, 5.41) is 18.0. The summed E-state index contributed by atoms with van der Waals surface area (Å²) in [6, 6.07) is 14.0. The molecule has 0 unspecified atom stereocenters. The smallest absolute Gasteiger partial charge is 0.165 e. The van der Waals surface area contributed by atoms with Crippen LogP contribution in [0.2, 0.25) is 0 Å². The highest BCUT2D eigenvalue weighted by Crippen LogP contribution is 2.25. The lowest BCUT2D eigenvalue weighted by molar-refractivity contribution is 0.876. The number of aryl methyl sites for hydroxylation is 1. The van der Waals surface area contributed by atoms with Gasteiger partial charge in [-0.25, -0.2) is 9.67 Å². The molecule has 0 aliphatic heterocycles. The van der Waals surface area contributed by atoms with Gasteiger partial charge in [-0.1, -0.05) is 25.1 Å². The van der Waals surface area contributed by atoms with Crippen LogP contribution in [0.4, 0.5) is 5.82 Å². The van der Waals surface area contributed by atoms with Crippen LogP contribution >= 0.6 is 0 Å². The number of nitriles is 1. The van der Waals surface area contributed by atoms with E-state index < -0.39 is 0 Å². The number of hydrogen-bond donors (Lipinski definition) is 1. The van der Waals surface area contributed by atoms with Crippen LogP contribution in [0.15, 0.2) is 36.4 Å². The van der Waals surface area contributed by atoms with Crippen LogP contribution in [0.25, 0.3) is 16.7 Å². The number of aromatic nitrogens is 3. The van der Waals surface area contributed by atoms with Crippen LogP contribution < -0.4 is 5.32 Å². The molecule has 1 N–H and O–H groups in total. The Hall–Kier alpha value is -2.87. The van der Waals surface area contributed by atoms with Gasteiger partial charge in [-0.2, -0.15) is 10.4 Å². The zero-order valence-corrected chi connectivity index (χ0v) is 12.7. The van der Waals surface area contributed by atoms with Crippen molar-refractivity contribution in [1.29, 1.82) is 5.26 Å². The summed E-state index contributed by atoms with van der Waals surface area (Å²) in [6.07, 6.45) is 0.974. The predicted octanol–water partition coefficient (Wildman–Crippen LogP) is 3.42. The molecule has 0 bridgehead atoms. The Kier molecular flexibility index (Phi) is 3.75. The van der Waals surface area contributed by atoms with E-state index in [1.807, 2.05) is 48.0 Å². The average Bonchev–Trinajstić information content (AvgIpc) is 2.89. The molecule has 5 heteroatoms. The molecule has 0 saturated carbocycles. The van der Waals surface area contributed by atoms with Crippen molar-refractivity contribution in [3.05, 3.63) is 47.7 Å². The molecule has 22 heavy (non-hydrogen) atoms. The Balaban J connectivity index is 2.22. The van der Waals surface area contributed by atoms with E-state index in [1.54, 1.807) is 0 Å². The van der Waals surface area contributed by atoms with Gasteiger partial charge in [0, 0.05) is 11.9 Å². The Bertz CT molecular complexity index is 843. The van der Waals surface area contributed by atoms with E-state index in [2.05, 4.69) is 28.4 Å². The Morgan fingerprint density at radius 3 is 2.73 bits per heavy atom. The van der Waals surface area contributed by atoms with Gasteiger partial charge in [0.2, 0.25) is 0 Å². The van der Waals surface area contributed by atoms with Crippen LogP contribution in [0.1, 0.15) is 24.6 Å². The topological polar surface area (TPSA) is 66.5 Å². The molecule has 0 amide bonds. The third-order valence-corrected chi connectivity index (χ3v) is 3.51. The van der Waals surface area contributed by atoms with Gasteiger partial charge < -0.3 is 5.32 Å². The van der Waals surface area contributed by atoms with Gasteiger partial charge in [0.05, 0.1) is 16.9 Å². The molecule has 0 fully saturated rings. The molecule has 1 aromatic carbocycles. The van der Waals surface area contributed by atoms with E-state index in [0.29, 0.717) is 11.4 Å². The van der Waals surface area contributed by atoms with Gasteiger partial charge in [0.25, 0.3) is 0 Å². The van der Waals surface area contributed by atoms with Crippen molar-refractivity contribution < 1.29 is 0 Å². The SMILES string of the molecule is CCCNc1nc2c(cc1C#N)c(C)nn2-c1ccccc1. The molecule has 0 radical (unpaired) electrons. The first-order valence-corrected chi connectivity index (χ1v) is 7.34. The van der Waals surface area contributed by atoms with Gasteiger partial charge in [0.1, 0.15) is 11.9 Å². The summed E-state index contributed by atoms with van der Waals surface area (Å²) in [5.41, 5.74) is 3.14. The van der Waals surface area contributed by atoms with Gasteiger partial charge in [-0.05, 0) is 31.5 Å². The number of rotatable bonds is 4. The number of anilines is 1. The third kappa shape index (κ3) is 2.40. The lowest BCUT2D eigenvalue weighted by atomic mass is 10.2. The number of hydrogen-bond acceptors (Lipinski definition) is 4. The Morgan fingerprint density at radius 1 is 1.27 bits per heavy atom. The molecule has 110 valence electrons. The number of nitrogens with zero attached hydrogens (tertiary/aromatic N) is 4. The quantitative estimate of drug-likeness (QED) is 0.799. The maximum Gasteiger partial charge on any atom is 0.165 e. The van der Waals surface area contributed by atoms with E-state index in [0.717, 1.165) is 35.4 Å². The van der Waals surface area contributed by atoms with Crippen molar-refractivity contribution in [1.82, 2.24) is 14.8 Å². The van der Waals surface area contributed by atoms with Crippen LogP contribution in [-0.4, -0.2) is 21.3 Å². The molecular formula is C17H17N5. The molecule has 0 spiro atoms. The maximum absolute atomic E-state index is 9.33. The first-order valence-electron chi connectivity index (χ1n) is 7.34. The van der Waals surface area contributed by atoms with Crippen LogP contribution in [0, 0.1) is 18.3 Å². The van der Waals surface area contributed by atoms with Crippen molar-refractivity contribution in [3.63, 3.8) is 0 Å². The summed E-state index contributed by atoms with van der Waals surface area (Å²) in [5.74, 6) is 0.619. The van der Waals surface area contributed by atoms with E-state index in [1.165, 1.54) is 0 Å². The number of nitrogens with one attached hydrogen (secondary N) is 1. The highest BCUT2D eigenvalue weighted by Gasteiger charge is 2.14. The number of para-hydroxylation sites is 1. The van der Waals surface area contributed by atoms with Crippen molar-refractivity contribution in [2.75, 3.05) is 11.9 Å². The summed E-state index contributed by atoms with van der Waals surface area (Å²) >= 11 is 0. The zero-order valence-electron chi connectivity index (χ0n) is 12.7. The summed E-state index contributed by atoms with van der Waals surface area (Å²) in [4.78, 5) is 4.65. The van der Waals surface area contributed by atoms with Crippen molar-refractivity contribution in [3.8, 4) is 11.8 Å². The van der Waals surface area contributed by atoms with Crippen LogP contribution in [0.3, 0.4) is 0 Å². The minimum atomic E-state index is 0.552. The molecule has 3 aromatic rings. The molecule has 0 saturated heterocycles. The minimum Gasteiger partial charge on any atom is -0.369 e. The van der Waals surface area contributed by atoms with Crippen molar-refractivity contribution in [2.24, 2.45) is 0 Å². The third-order valence-electron chi connectivity index (χ3n) is 3.51. The van der Waals surface area contributed by atoms with E-state index >= 15 is 0 Å². The molecule has 2 heterocycles. The van der Waals surface area contributed by atoms with Crippen molar-refractivity contribution in [2.45, 2.75) is 20.3 Å². The van der Waals surface area contributed by atoms with Gasteiger partial charge in [0.15, 0.2) is 5.65 Å². The molecular weight excluding hydrogens is 274 g/mol. The van der Waals surface area contributed by atoms with Crippen molar-refractivity contribution >= 4 is 16.9 Å². The molecule has 3 rings (SSSR count). The van der Waals surface area contributed by atoms with Gasteiger partial charge in [-0.15, -0.1) is 0 Å². The highest BCUT2D eigenvalue weighted by molar-refractivity contribution is 5.84. The van der Waals surface area contributed by atoms with Gasteiger partial charge >= 0.3 is 0 Å². The minimum absolute atomic E-state index is 0.552. The fourth-order valence-electron chi connectivity index (χ4n) is 2.40. The molecule has 0 atom stereocenters. The lowest BCUT2D eigenvalue weighted by Gasteiger charge is -2.07. The van der Waals surface area contributed by atoms with E-state index in [9.17, 15) is 5.26 Å². The summed E-state index contributed by atoms with van der Waals surface area (Å²) in [6.45, 7) is 4.80. The first kappa shape index (κ1) is 14.1.